The first-order chi connectivity index (χ1) is 14.7. The van der Waals surface area contributed by atoms with Crippen LogP contribution >= 0.6 is 24.0 Å². The highest BCUT2D eigenvalue weighted by Crippen LogP contribution is 2.30. The Morgan fingerprint density at radius 1 is 1.23 bits per heavy atom. The molecule has 1 atom stereocenters. The maximum Gasteiger partial charge on any atom is 0.191 e. The van der Waals surface area contributed by atoms with Gasteiger partial charge in [0.25, 0.3) is 0 Å². The first-order valence-corrected chi connectivity index (χ1v) is 10.5. The summed E-state index contributed by atoms with van der Waals surface area (Å²) in [6.45, 7) is 7.43. The molecule has 0 radical (unpaired) electrons. The van der Waals surface area contributed by atoms with Gasteiger partial charge in [0, 0.05) is 37.6 Å². The molecule has 1 aromatic carbocycles. The summed E-state index contributed by atoms with van der Waals surface area (Å²) in [6, 6.07) is 14.7. The van der Waals surface area contributed by atoms with E-state index in [4.69, 9.17) is 9.73 Å². The molecule has 0 saturated carbocycles. The molecule has 0 bridgehead atoms. The Balaban J connectivity index is 0.00000272. The second-order valence-electron chi connectivity index (χ2n) is 7.57. The number of nitrogens with one attached hydrogen (secondary N) is 2. The fourth-order valence-corrected chi connectivity index (χ4v) is 3.94. The molecule has 7 nitrogen and oxygen atoms in total. The van der Waals surface area contributed by atoms with Gasteiger partial charge in [-0.15, -0.1) is 24.0 Å². The van der Waals surface area contributed by atoms with E-state index < -0.39 is 0 Å². The van der Waals surface area contributed by atoms with Gasteiger partial charge in [-0.1, -0.05) is 18.2 Å². The molecule has 3 heterocycles. The normalized spacial score (nSPS) is 16.3. The molecule has 1 aliphatic rings. The van der Waals surface area contributed by atoms with Crippen molar-refractivity contribution in [1.82, 2.24) is 20.0 Å². The lowest BCUT2D eigenvalue weighted by molar-refractivity contribution is 0.415. The predicted molar refractivity (Wildman–Crippen MR) is 137 cm³/mol. The molecule has 1 unspecified atom stereocenters. The Labute approximate surface area is 200 Å². The number of ether oxygens (including phenoxy) is 1. The topological polar surface area (TPSA) is 66.2 Å². The summed E-state index contributed by atoms with van der Waals surface area (Å²) in [7, 11) is 1.72. The molecule has 1 aliphatic heterocycles. The molecule has 31 heavy (non-hydrogen) atoms. The van der Waals surface area contributed by atoms with Crippen LogP contribution in [0.25, 0.3) is 5.65 Å². The van der Waals surface area contributed by atoms with Crippen molar-refractivity contribution in [3.8, 4) is 5.75 Å². The minimum Gasteiger partial charge on any atom is -0.495 e. The standard InChI is InChI=1S/C23H30N6O.HI/c1-4-24-23(25-14-19-16-29-17(2)8-7-11-22(29)26-19)27-18-12-13-28(15-18)20-9-5-6-10-21(20)30-3;/h5-11,16,18H,4,12-15H2,1-3H3,(H2,24,25,27);1H. The van der Waals surface area contributed by atoms with Crippen LogP contribution in [0.3, 0.4) is 0 Å². The monoisotopic (exact) mass is 534 g/mol. The van der Waals surface area contributed by atoms with E-state index in [1.165, 1.54) is 5.69 Å². The van der Waals surface area contributed by atoms with Crippen LogP contribution < -0.4 is 20.3 Å². The second kappa shape index (κ2) is 10.7. The van der Waals surface area contributed by atoms with E-state index in [0.29, 0.717) is 12.6 Å². The number of aliphatic imine (C=N–C) groups is 1. The summed E-state index contributed by atoms with van der Waals surface area (Å²) in [5, 5.41) is 6.95. The molecule has 0 amide bonds. The molecular formula is C23H31IN6O. The molecule has 3 aromatic rings. The quantitative estimate of drug-likeness (QED) is 0.288. The molecule has 0 aliphatic carbocycles. The highest BCUT2D eigenvalue weighted by Gasteiger charge is 2.25. The van der Waals surface area contributed by atoms with E-state index in [9.17, 15) is 0 Å². The van der Waals surface area contributed by atoms with Gasteiger partial charge in [0.05, 0.1) is 25.0 Å². The minimum atomic E-state index is 0. The molecule has 2 N–H and O–H groups in total. The van der Waals surface area contributed by atoms with Crippen molar-refractivity contribution < 1.29 is 4.74 Å². The van der Waals surface area contributed by atoms with Crippen LogP contribution in [0.5, 0.6) is 5.75 Å². The van der Waals surface area contributed by atoms with Gasteiger partial charge in [-0.2, -0.15) is 0 Å². The number of imidazole rings is 1. The average Bonchev–Trinajstić information content (AvgIpc) is 3.40. The van der Waals surface area contributed by atoms with Crippen molar-refractivity contribution >= 4 is 41.3 Å². The van der Waals surface area contributed by atoms with E-state index >= 15 is 0 Å². The molecule has 8 heteroatoms. The van der Waals surface area contributed by atoms with Crippen molar-refractivity contribution in [2.45, 2.75) is 32.9 Å². The number of nitrogens with zero attached hydrogens (tertiary/aromatic N) is 4. The van der Waals surface area contributed by atoms with E-state index in [0.717, 1.165) is 54.8 Å². The summed E-state index contributed by atoms with van der Waals surface area (Å²) < 4.78 is 7.63. The number of fused-ring (bicyclic) bond motifs is 1. The minimum absolute atomic E-state index is 0. The van der Waals surface area contributed by atoms with Gasteiger partial charge in [0.15, 0.2) is 5.96 Å². The first-order valence-electron chi connectivity index (χ1n) is 10.5. The second-order valence-corrected chi connectivity index (χ2v) is 7.57. The number of hydrogen-bond acceptors (Lipinski definition) is 4. The summed E-state index contributed by atoms with van der Waals surface area (Å²) in [5.41, 5.74) is 4.24. The van der Waals surface area contributed by atoms with Crippen molar-refractivity contribution in [1.29, 1.82) is 0 Å². The zero-order chi connectivity index (χ0) is 20.9. The van der Waals surface area contributed by atoms with Crippen LogP contribution in [0.2, 0.25) is 0 Å². The Morgan fingerprint density at radius 3 is 2.84 bits per heavy atom. The number of halogens is 1. The van der Waals surface area contributed by atoms with Crippen LogP contribution in [0.1, 0.15) is 24.7 Å². The number of hydrogen-bond donors (Lipinski definition) is 2. The third-order valence-electron chi connectivity index (χ3n) is 5.44. The third kappa shape index (κ3) is 5.41. The molecule has 0 spiro atoms. The fourth-order valence-electron chi connectivity index (χ4n) is 3.94. The summed E-state index contributed by atoms with van der Waals surface area (Å²) >= 11 is 0. The van der Waals surface area contributed by atoms with Gasteiger partial charge in [-0.3, -0.25) is 0 Å². The van der Waals surface area contributed by atoms with Crippen LogP contribution in [0, 0.1) is 6.92 Å². The number of anilines is 1. The maximum absolute atomic E-state index is 5.53. The first kappa shape index (κ1) is 23.2. The largest absolute Gasteiger partial charge is 0.495 e. The number of methoxy groups -OCH3 is 1. The average molecular weight is 534 g/mol. The van der Waals surface area contributed by atoms with Gasteiger partial charge in [0.2, 0.25) is 0 Å². The number of para-hydroxylation sites is 2. The zero-order valence-corrected chi connectivity index (χ0v) is 20.7. The fraction of sp³-hybridized carbons (Fsp3) is 0.391. The summed E-state index contributed by atoms with van der Waals surface area (Å²) in [6.07, 6.45) is 3.12. The molecule has 2 aromatic heterocycles. The summed E-state index contributed by atoms with van der Waals surface area (Å²) in [4.78, 5) is 11.8. The molecule has 166 valence electrons. The Morgan fingerprint density at radius 2 is 2.06 bits per heavy atom. The summed E-state index contributed by atoms with van der Waals surface area (Å²) in [5.74, 6) is 1.75. The lowest BCUT2D eigenvalue weighted by atomic mass is 10.2. The van der Waals surface area contributed by atoms with Gasteiger partial charge in [-0.25, -0.2) is 9.98 Å². The van der Waals surface area contributed by atoms with Gasteiger partial charge >= 0.3 is 0 Å². The highest BCUT2D eigenvalue weighted by molar-refractivity contribution is 14.0. The van der Waals surface area contributed by atoms with Crippen molar-refractivity contribution in [3.05, 3.63) is 60.0 Å². The Bertz CT molecular complexity index is 1030. The number of benzene rings is 1. The van der Waals surface area contributed by atoms with Crippen molar-refractivity contribution in [2.24, 2.45) is 4.99 Å². The molecule has 4 rings (SSSR count). The van der Waals surface area contributed by atoms with Crippen LogP contribution in [-0.4, -0.2) is 48.1 Å². The van der Waals surface area contributed by atoms with E-state index in [2.05, 4.69) is 63.2 Å². The predicted octanol–water partition coefficient (Wildman–Crippen LogP) is 3.60. The van der Waals surface area contributed by atoms with Gasteiger partial charge in [-0.05, 0) is 44.5 Å². The lowest BCUT2D eigenvalue weighted by Crippen LogP contribution is -2.44. The number of aryl methyl sites for hydroxylation is 1. The van der Waals surface area contributed by atoms with Gasteiger partial charge in [0.1, 0.15) is 11.4 Å². The van der Waals surface area contributed by atoms with E-state index in [1.54, 1.807) is 7.11 Å². The number of pyridine rings is 1. The molecule has 1 fully saturated rings. The highest BCUT2D eigenvalue weighted by atomic mass is 127. The third-order valence-corrected chi connectivity index (χ3v) is 5.44. The lowest BCUT2D eigenvalue weighted by Gasteiger charge is -2.22. The number of guanidine groups is 1. The Hall–Kier alpha value is -2.49. The van der Waals surface area contributed by atoms with Crippen molar-refractivity contribution in [2.75, 3.05) is 31.6 Å². The maximum atomic E-state index is 5.53. The number of aromatic nitrogens is 2. The SMILES string of the molecule is CCNC(=NCc1cn2c(C)cccc2n1)NC1CCN(c2ccccc2OC)C1.I. The van der Waals surface area contributed by atoms with Gasteiger partial charge < -0.3 is 24.7 Å². The van der Waals surface area contributed by atoms with Crippen LogP contribution in [0.4, 0.5) is 5.69 Å². The van der Waals surface area contributed by atoms with E-state index in [1.807, 2.05) is 24.3 Å². The van der Waals surface area contributed by atoms with Crippen molar-refractivity contribution in [3.63, 3.8) is 0 Å². The van der Waals surface area contributed by atoms with E-state index in [-0.39, 0.29) is 24.0 Å². The molecular weight excluding hydrogens is 503 g/mol. The zero-order valence-electron chi connectivity index (χ0n) is 18.3. The van der Waals surface area contributed by atoms with Crippen LogP contribution in [-0.2, 0) is 6.54 Å². The molecule has 1 saturated heterocycles. The number of rotatable bonds is 6. The smallest absolute Gasteiger partial charge is 0.191 e. The Kier molecular flexibility index (Phi) is 8.00. The van der Waals surface area contributed by atoms with Crippen LogP contribution in [0.15, 0.2) is 53.7 Å².